The van der Waals surface area contributed by atoms with E-state index in [1.165, 1.54) is 5.56 Å². The van der Waals surface area contributed by atoms with Crippen LogP contribution in [0.2, 0.25) is 0 Å². The first-order valence-corrected chi connectivity index (χ1v) is 11.1. The summed E-state index contributed by atoms with van der Waals surface area (Å²) in [6.07, 6.45) is 0.926. The Bertz CT molecular complexity index is 930. The third kappa shape index (κ3) is 10.0. The molecule has 0 fully saturated rings. The lowest BCUT2D eigenvalue weighted by Crippen LogP contribution is -2.42. The molecule has 1 aromatic heterocycles. The second-order valence-electron chi connectivity index (χ2n) is 9.23. The minimum absolute atomic E-state index is 0. The van der Waals surface area contributed by atoms with Gasteiger partial charge in [-0.3, -0.25) is 9.48 Å². The van der Waals surface area contributed by atoms with Crippen LogP contribution < -0.4 is 20.7 Å². The van der Waals surface area contributed by atoms with Crippen LogP contribution in [0.5, 0.6) is 5.75 Å². The molecule has 3 N–H and O–H groups in total. The molecule has 33 heavy (non-hydrogen) atoms. The van der Waals surface area contributed by atoms with Gasteiger partial charge in [0.1, 0.15) is 12.3 Å². The normalized spacial score (nSPS) is 11.7. The first-order chi connectivity index (χ1) is 14.9. The van der Waals surface area contributed by atoms with Gasteiger partial charge in [0.2, 0.25) is 5.91 Å². The molecule has 0 saturated carbocycles. The van der Waals surface area contributed by atoms with E-state index in [0.29, 0.717) is 12.5 Å². The molecule has 0 atom stereocenters. The van der Waals surface area contributed by atoms with Crippen molar-refractivity contribution in [3.63, 3.8) is 0 Å². The Hall–Kier alpha value is -2.30. The number of aromatic nitrogens is 2. The van der Waals surface area contributed by atoms with E-state index in [-0.39, 0.29) is 48.1 Å². The number of rotatable bonds is 8. The zero-order chi connectivity index (χ0) is 23.9. The molecule has 0 saturated heterocycles. The summed E-state index contributed by atoms with van der Waals surface area (Å²) >= 11 is 0. The first-order valence-electron chi connectivity index (χ1n) is 11.1. The van der Waals surface area contributed by atoms with Gasteiger partial charge in [-0.05, 0) is 84.7 Å². The maximum absolute atomic E-state index is 12.2. The fraction of sp³-hybridized carbons (Fsp3) is 0.542. The molecule has 2 rings (SSSR count). The lowest BCUT2D eigenvalue weighted by atomic mass is 10.1. The quantitative estimate of drug-likeness (QED) is 0.254. The summed E-state index contributed by atoms with van der Waals surface area (Å²) in [5.74, 6) is 1.23. The van der Waals surface area contributed by atoms with E-state index >= 15 is 0 Å². The summed E-state index contributed by atoms with van der Waals surface area (Å²) in [6, 6.07) is 7.68. The Kier molecular flexibility index (Phi) is 11.2. The lowest BCUT2D eigenvalue weighted by Gasteiger charge is -2.20. The maximum Gasteiger partial charge on any atom is 0.242 e. The van der Waals surface area contributed by atoms with Gasteiger partial charge in [-0.25, -0.2) is 4.99 Å². The standard InChI is InChI=1S/C24H38N6O2.HI/c1-16(2)32-20-11-9-19(10-12-20)27-23(26-15-22(31)28-24(5,6)7)25-14-13-21-17(3)29-30(8)18(21)4;/h9-12,16H,13-15H2,1-8H3,(H,28,31)(H2,25,26,27);1H. The number of benzene rings is 1. The monoisotopic (exact) mass is 570 g/mol. The molecule has 9 heteroatoms. The SMILES string of the molecule is Cc1nn(C)c(C)c1CCNC(=NCC(=O)NC(C)(C)C)Nc1ccc(OC(C)C)cc1.I. The Morgan fingerprint density at radius 1 is 1.18 bits per heavy atom. The molecule has 2 aromatic rings. The molecule has 0 unspecified atom stereocenters. The van der Waals surface area contributed by atoms with E-state index in [9.17, 15) is 4.79 Å². The molecule has 1 aromatic carbocycles. The van der Waals surface area contributed by atoms with Crippen molar-refractivity contribution in [2.24, 2.45) is 12.0 Å². The summed E-state index contributed by atoms with van der Waals surface area (Å²) < 4.78 is 7.60. The van der Waals surface area contributed by atoms with Gasteiger partial charge in [0.25, 0.3) is 0 Å². The molecule has 0 bridgehead atoms. The van der Waals surface area contributed by atoms with Crippen LogP contribution in [0.4, 0.5) is 5.69 Å². The Morgan fingerprint density at radius 2 is 1.82 bits per heavy atom. The number of ether oxygens (including phenoxy) is 1. The predicted molar refractivity (Wildman–Crippen MR) is 146 cm³/mol. The zero-order valence-electron chi connectivity index (χ0n) is 21.1. The van der Waals surface area contributed by atoms with Crippen LogP contribution in [0.1, 0.15) is 51.6 Å². The van der Waals surface area contributed by atoms with Gasteiger partial charge in [0.05, 0.1) is 11.8 Å². The summed E-state index contributed by atoms with van der Waals surface area (Å²) in [5.41, 5.74) is 3.97. The van der Waals surface area contributed by atoms with Crippen LogP contribution in [-0.4, -0.2) is 46.4 Å². The number of anilines is 1. The topological polar surface area (TPSA) is 92.6 Å². The van der Waals surface area contributed by atoms with Crippen molar-refractivity contribution in [2.75, 3.05) is 18.4 Å². The number of aryl methyl sites for hydroxylation is 2. The van der Waals surface area contributed by atoms with Crippen LogP contribution in [0.15, 0.2) is 29.3 Å². The molecule has 8 nitrogen and oxygen atoms in total. The van der Waals surface area contributed by atoms with E-state index in [4.69, 9.17) is 4.74 Å². The van der Waals surface area contributed by atoms with Crippen molar-refractivity contribution in [1.29, 1.82) is 0 Å². The van der Waals surface area contributed by atoms with Gasteiger partial charge in [-0.15, -0.1) is 24.0 Å². The number of amides is 1. The number of nitrogens with one attached hydrogen (secondary N) is 3. The maximum atomic E-state index is 12.2. The molecular formula is C24H39IN6O2. The Labute approximate surface area is 215 Å². The molecule has 0 spiro atoms. The smallest absolute Gasteiger partial charge is 0.242 e. The average molecular weight is 571 g/mol. The Morgan fingerprint density at radius 3 is 2.33 bits per heavy atom. The highest BCUT2D eigenvalue weighted by molar-refractivity contribution is 14.0. The number of hydrogen-bond acceptors (Lipinski definition) is 4. The van der Waals surface area contributed by atoms with E-state index < -0.39 is 0 Å². The van der Waals surface area contributed by atoms with Gasteiger partial charge in [0.15, 0.2) is 5.96 Å². The van der Waals surface area contributed by atoms with Crippen LogP contribution in [-0.2, 0) is 18.3 Å². The van der Waals surface area contributed by atoms with Gasteiger partial charge in [0, 0.05) is 30.5 Å². The van der Waals surface area contributed by atoms with Crippen molar-refractivity contribution in [2.45, 2.75) is 66.5 Å². The third-order valence-electron chi connectivity index (χ3n) is 4.71. The lowest BCUT2D eigenvalue weighted by molar-refractivity contribution is -0.121. The molecule has 184 valence electrons. The van der Waals surface area contributed by atoms with E-state index in [0.717, 1.165) is 29.2 Å². The summed E-state index contributed by atoms with van der Waals surface area (Å²) in [7, 11) is 1.95. The van der Waals surface area contributed by atoms with Gasteiger partial charge in [-0.2, -0.15) is 5.10 Å². The van der Waals surface area contributed by atoms with E-state index in [1.807, 2.05) is 77.5 Å². The van der Waals surface area contributed by atoms with Crippen molar-refractivity contribution < 1.29 is 9.53 Å². The largest absolute Gasteiger partial charge is 0.491 e. The molecule has 0 aliphatic rings. The van der Waals surface area contributed by atoms with Gasteiger partial charge in [-0.1, -0.05) is 0 Å². The van der Waals surface area contributed by atoms with Crippen LogP contribution >= 0.6 is 24.0 Å². The fourth-order valence-corrected chi connectivity index (χ4v) is 3.26. The summed E-state index contributed by atoms with van der Waals surface area (Å²) in [6.45, 7) is 14.6. The molecular weight excluding hydrogens is 531 g/mol. The number of hydrogen-bond donors (Lipinski definition) is 3. The summed E-state index contributed by atoms with van der Waals surface area (Å²) in [5, 5.41) is 14.0. The van der Waals surface area contributed by atoms with Crippen LogP contribution in [0, 0.1) is 13.8 Å². The average Bonchev–Trinajstić information content (AvgIpc) is 2.91. The molecule has 1 heterocycles. The van der Waals surface area contributed by atoms with Crippen molar-refractivity contribution >= 4 is 41.5 Å². The third-order valence-corrected chi connectivity index (χ3v) is 4.71. The molecule has 0 aliphatic heterocycles. The molecule has 0 aliphatic carbocycles. The minimum Gasteiger partial charge on any atom is -0.491 e. The van der Waals surface area contributed by atoms with Gasteiger partial charge >= 0.3 is 0 Å². The number of nitrogens with zero attached hydrogens (tertiary/aromatic N) is 3. The molecule has 1 amide bonds. The highest BCUT2D eigenvalue weighted by Gasteiger charge is 2.14. The Balaban J connectivity index is 0.00000544. The first kappa shape index (κ1) is 28.7. The highest BCUT2D eigenvalue weighted by Crippen LogP contribution is 2.17. The minimum atomic E-state index is -0.296. The molecule has 0 radical (unpaired) electrons. The highest BCUT2D eigenvalue weighted by atomic mass is 127. The number of carbonyl (C=O) groups is 1. The zero-order valence-corrected chi connectivity index (χ0v) is 23.4. The van der Waals surface area contributed by atoms with Crippen LogP contribution in [0.25, 0.3) is 0 Å². The number of halogens is 1. The number of aliphatic imine (C=N–C) groups is 1. The van der Waals surface area contributed by atoms with E-state index in [1.54, 1.807) is 0 Å². The van der Waals surface area contributed by atoms with Crippen molar-refractivity contribution in [1.82, 2.24) is 20.4 Å². The fourth-order valence-electron chi connectivity index (χ4n) is 3.26. The second kappa shape index (κ2) is 12.8. The van der Waals surface area contributed by atoms with Crippen molar-refractivity contribution in [3.8, 4) is 5.75 Å². The summed E-state index contributed by atoms with van der Waals surface area (Å²) in [4.78, 5) is 16.7. The second-order valence-corrected chi connectivity index (χ2v) is 9.23. The number of guanidine groups is 1. The van der Waals surface area contributed by atoms with Crippen molar-refractivity contribution in [3.05, 3.63) is 41.2 Å². The predicted octanol–water partition coefficient (Wildman–Crippen LogP) is 3.96. The van der Waals surface area contributed by atoms with Gasteiger partial charge < -0.3 is 20.7 Å². The van der Waals surface area contributed by atoms with E-state index in [2.05, 4.69) is 33.0 Å². The number of carbonyl (C=O) groups excluding carboxylic acids is 1. The van der Waals surface area contributed by atoms with Crippen LogP contribution in [0.3, 0.4) is 0 Å².